The number of methoxy groups -OCH3 is 2. The van der Waals surface area contributed by atoms with E-state index in [2.05, 4.69) is 5.10 Å². The van der Waals surface area contributed by atoms with Gasteiger partial charge in [0.25, 0.3) is 0 Å². The molecule has 1 saturated heterocycles. The first kappa shape index (κ1) is 21.4. The fourth-order valence-electron chi connectivity index (χ4n) is 3.41. The molecule has 29 heavy (non-hydrogen) atoms. The molecule has 1 aromatic heterocycles. The second-order valence-corrected chi connectivity index (χ2v) is 8.29. The third-order valence-electron chi connectivity index (χ3n) is 5.84. The summed E-state index contributed by atoms with van der Waals surface area (Å²) in [6.07, 6.45) is 3.79. The summed E-state index contributed by atoms with van der Waals surface area (Å²) in [6, 6.07) is 7.76. The van der Waals surface area contributed by atoms with E-state index in [-0.39, 0.29) is 18.2 Å². The Bertz CT molecular complexity index is 835. The fraction of sp³-hybridized carbons (Fsp3) is 0.524. The first-order chi connectivity index (χ1) is 13.7. The van der Waals surface area contributed by atoms with Crippen LogP contribution in [-0.2, 0) is 25.4 Å². The Morgan fingerprint density at radius 2 is 1.90 bits per heavy atom. The molecule has 1 aromatic carbocycles. The lowest BCUT2D eigenvalue weighted by molar-refractivity contribution is -0.140. The number of nitrogens with zero attached hydrogens (tertiary/aromatic N) is 2. The smallest absolute Gasteiger partial charge is 0.466 e. The van der Waals surface area contributed by atoms with Crippen LogP contribution in [0.2, 0.25) is 0 Å². The van der Waals surface area contributed by atoms with Gasteiger partial charge in [-0.3, -0.25) is 9.48 Å². The first-order valence-electron chi connectivity index (χ1n) is 9.73. The quantitative estimate of drug-likeness (QED) is 0.525. The molecule has 1 aliphatic rings. The SMILES string of the molecule is COC(=O)CC(B1OC(C)(C)C(C)(C)O1)c1ccc(OC)c(Cn2cccn2)c1. The molecule has 1 fully saturated rings. The number of esters is 1. The van der Waals surface area contributed by atoms with Gasteiger partial charge in [-0.1, -0.05) is 12.1 Å². The van der Waals surface area contributed by atoms with E-state index in [1.165, 1.54) is 7.11 Å². The van der Waals surface area contributed by atoms with Crippen LogP contribution in [0.3, 0.4) is 0 Å². The summed E-state index contributed by atoms with van der Waals surface area (Å²) < 4.78 is 24.8. The second-order valence-electron chi connectivity index (χ2n) is 8.29. The third-order valence-corrected chi connectivity index (χ3v) is 5.84. The Hall–Kier alpha value is -2.32. The number of carbonyl (C=O) groups is 1. The van der Waals surface area contributed by atoms with Crippen molar-refractivity contribution in [3.8, 4) is 5.75 Å². The van der Waals surface area contributed by atoms with Crippen LogP contribution in [0.5, 0.6) is 5.75 Å². The minimum atomic E-state index is -0.565. The number of hydrogen-bond donors (Lipinski definition) is 0. The molecule has 7 nitrogen and oxygen atoms in total. The molecular formula is C21H29BN2O5. The van der Waals surface area contributed by atoms with Gasteiger partial charge in [-0.2, -0.15) is 5.10 Å². The highest BCUT2D eigenvalue weighted by Gasteiger charge is 2.54. The van der Waals surface area contributed by atoms with Crippen LogP contribution in [0, 0.1) is 0 Å². The molecule has 0 radical (unpaired) electrons. The van der Waals surface area contributed by atoms with E-state index in [1.54, 1.807) is 13.3 Å². The monoisotopic (exact) mass is 400 g/mol. The van der Waals surface area contributed by atoms with Crippen molar-refractivity contribution in [3.05, 3.63) is 47.8 Å². The molecule has 1 unspecified atom stereocenters. The van der Waals surface area contributed by atoms with E-state index in [1.807, 2.05) is 62.8 Å². The summed E-state index contributed by atoms with van der Waals surface area (Å²) in [5.41, 5.74) is 0.907. The van der Waals surface area contributed by atoms with Crippen LogP contribution >= 0.6 is 0 Å². The van der Waals surface area contributed by atoms with Crippen molar-refractivity contribution in [2.24, 2.45) is 0 Å². The lowest BCUT2D eigenvalue weighted by atomic mass is 9.66. The van der Waals surface area contributed by atoms with Gasteiger partial charge in [0.1, 0.15) is 5.75 Å². The third kappa shape index (κ3) is 4.48. The number of carbonyl (C=O) groups excluding carboxylic acids is 1. The Morgan fingerprint density at radius 1 is 1.21 bits per heavy atom. The molecule has 2 aromatic rings. The molecule has 1 atom stereocenters. The van der Waals surface area contributed by atoms with Crippen molar-refractivity contribution in [1.29, 1.82) is 0 Å². The van der Waals surface area contributed by atoms with E-state index in [4.69, 9.17) is 18.8 Å². The minimum Gasteiger partial charge on any atom is -0.496 e. The van der Waals surface area contributed by atoms with Crippen LogP contribution in [0.1, 0.15) is 51.1 Å². The van der Waals surface area contributed by atoms with E-state index in [9.17, 15) is 4.79 Å². The van der Waals surface area contributed by atoms with E-state index >= 15 is 0 Å². The Labute approximate surface area is 172 Å². The van der Waals surface area contributed by atoms with Crippen molar-refractivity contribution in [2.45, 2.75) is 57.7 Å². The topological polar surface area (TPSA) is 71.8 Å². The van der Waals surface area contributed by atoms with Gasteiger partial charge in [-0.15, -0.1) is 0 Å². The van der Waals surface area contributed by atoms with Crippen LogP contribution in [0.15, 0.2) is 36.7 Å². The molecule has 8 heteroatoms. The highest BCUT2D eigenvalue weighted by Crippen LogP contribution is 2.42. The standard InChI is InChI=1S/C21H29BN2O5/c1-20(2)21(3,4)29-22(28-20)17(13-19(25)27-6)15-8-9-18(26-5)16(12-15)14-24-11-7-10-23-24/h7-12,17H,13-14H2,1-6H3. The maximum atomic E-state index is 12.2. The molecule has 156 valence electrons. The normalized spacial score (nSPS) is 18.5. The van der Waals surface area contributed by atoms with Crippen LogP contribution in [0.25, 0.3) is 0 Å². The zero-order valence-electron chi connectivity index (χ0n) is 18.0. The maximum absolute atomic E-state index is 12.2. The first-order valence-corrected chi connectivity index (χ1v) is 9.73. The van der Waals surface area contributed by atoms with Crippen molar-refractivity contribution in [2.75, 3.05) is 14.2 Å². The number of benzene rings is 1. The van der Waals surface area contributed by atoms with Crippen molar-refractivity contribution in [3.63, 3.8) is 0 Å². The highest BCUT2D eigenvalue weighted by atomic mass is 16.7. The van der Waals surface area contributed by atoms with Gasteiger partial charge in [0.2, 0.25) is 0 Å². The average Bonchev–Trinajstić information content (AvgIpc) is 3.24. The van der Waals surface area contributed by atoms with Crippen LogP contribution in [0.4, 0.5) is 0 Å². The lowest BCUT2D eigenvalue weighted by Gasteiger charge is -2.32. The van der Waals surface area contributed by atoms with Gasteiger partial charge in [-0.25, -0.2) is 0 Å². The molecule has 0 bridgehead atoms. The summed E-state index contributed by atoms with van der Waals surface area (Å²) >= 11 is 0. The zero-order valence-corrected chi connectivity index (χ0v) is 18.0. The number of rotatable bonds is 7. The molecule has 3 rings (SSSR count). The predicted molar refractivity (Wildman–Crippen MR) is 110 cm³/mol. The molecule has 0 N–H and O–H groups in total. The number of ether oxygens (including phenoxy) is 2. The van der Waals surface area contributed by atoms with Crippen molar-refractivity contribution >= 4 is 13.1 Å². The Morgan fingerprint density at radius 3 is 2.45 bits per heavy atom. The summed E-state index contributed by atoms with van der Waals surface area (Å²) in [5.74, 6) is 0.134. The summed E-state index contributed by atoms with van der Waals surface area (Å²) in [7, 11) is 2.47. The fourth-order valence-corrected chi connectivity index (χ4v) is 3.41. The Kier molecular flexibility index (Phi) is 6.05. The number of hydrogen-bond acceptors (Lipinski definition) is 6. The van der Waals surface area contributed by atoms with Crippen LogP contribution in [-0.4, -0.2) is 48.3 Å². The van der Waals surface area contributed by atoms with E-state index in [0.717, 1.165) is 16.9 Å². The van der Waals surface area contributed by atoms with Gasteiger partial charge >= 0.3 is 13.1 Å². The predicted octanol–water partition coefficient (Wildman–Crippen LogP) is 3.22. The molecule has 0 saturated carbocycles. The lowest BCUT2D eigenvalue weighted by Crippen LogP contribution is -2.41. The maximum Gasteiger partial charge on any atom is 0.466 e. The second kappa shape index (κ2) is 8.20. The van der Waals surface area contributed by atoms with Gasteiger partial charge in [0.05, 0.1) is 38.4 Å². The molecule has 0 aliphatic carbocycles. The van der Waals surface area contributed by atoms with Gasteiger partial charge in [0, 0.05) is 23.8 Å². The highest BCUT2D eigenvalue weighted by molar-refractivity contribution is 6.48. The average molecular weight is 400 g/mol. The van der Waals surface area contributed by atoms with Gasteiger partial charge < -0.3 is 18.8 Å². The molecule has 0 amide bonds. The molecule has 0 spiro atoms. The van der Waals surface area contributed by atoms with E-state index in [0.29, 0.717) is 6.54 Å². The molecule has 1 aliphatic heterocycles. The van der Waals surface area contributed by atoms with Crippen molar-refractivity contribution in [1.82, 2.24) is 9.78 Å². The van der Waals surface area contributed by atoms with Gasteiger partial charge in [0.15, 0.2) is 0 Å². The summed E-state index contributed by atoms with van der Waals surface area (Å²) in [6.45, 7) is 8.55. The van der Waals surface area contributed by atoms with Gasteiger partial charge in [-0.05, 0) is 45.4 Å². The summed E-state index contributed by atoms with van der Waals surface area (Å²) in [5, 5.41) is 4.28. The minimum absolute atomic E-state index is 0.154. The largest absolute Gasteiger partial charge is 0.496 e. The van der Waals surface area contributed by atoms with E-state index < -0.39 is 18.3 Å². The molecule has 2 heterocycles. The summed E-state index contributed by atoms with van der Waals surface area (Å²) in [4.78, 5) is 12.2. The molecular weight excluding hydrogens is 371 g/mol. The zero-order chi connectivity index (χ0) is 21.2. The van der Waals surface area contributed by atoms with Crippen LogP contribution < -0.4 is 4.74 Å². The van der Waals surface area contributed by atoms with Crippen molar-refractivity contribution < 1.29 is 23.6 Å². The Balaban J connectivity index is 1.96. The number of aromatic nitrogens is 2.